The lowest BCUT2D eigenvalue weighted by atomic mass is 9.85. The van der Waals surface area contributed by atoms with E-state index in [0.29, 0.717) is 0 Å². The molecule has 1 aliphatic heterocycles. The molecule has 1 rings (SSSR count). The molecule has 1 saturated heterocycles. The first-order chi connectivity index (χ1) is 6.08. The van der Waals surface area contributed by atoms with E-state index in [2.05, 4.69) is 16.6 Å². The smallest absolute Gasteiger partial charge is 0.305 e. The summed E-state index contributed by atoms with van der Waals surface area (Å²) in [6.07, 6.45) is 1.73. The van der Waals surface area contributed by atoms with E-state index in [1.54, 1.807) is 0 Å². The van der Waals surface area contributed by atoms with Crippen molar-refractivity contribution in [2.24, 2.45) is 4.99 Å². The van der Waals surface area contributed by atoms with Crippen LogP contribution in [0.25, 0.3) is 0 Å². The summed E-state index contributed by atoms with van der Waals surface area (Å²) in [5.74, 6) is -0.781. The van der Waals surface area contributed by atoms with Gasteiger partial charge in [0.05, 0.1) is 12.0 Å². The SMILES string of the molecule is C=NC1(CC(=O)O)CCN(C)CC1. The normalized spacial score (nSPS) is 22.5. The number of nitrogens with zero attached hydrogens (tertiary/aromatic N) is 2. The van der Waals surface area contributed by atoms with Crippen LogP contribution in [-0.4, -0.2) is 48.4 Å². The molecule has 0 bridgehead atoms. The maximum absolute atomic E-state index is 10.6. The van der Waals surface area contributed by atoms with E-state index in [1.807, 2.05) is 7.05 Å². The van der Waals surface area contributed by atoms with Crippen LogP contribution in [0.5, 0.6) is 0 Å². The predicted molar refractivity (Wildman–Crippen MR) is 51.3 cm³/mol. The number of carboxylic acids is 1. The lowest BCUT2D eigenvalue weighted by Gasteiger charge is -2.36. The van der Waals surface area contributed by atoms with E-state index >= 15 is 0 Å². The molecule has 0 spiro atoms. The van der Waals surface area contributed by atoms with Crippen LogP contribution in [0.2, 0.25) is 0 Å². The lowest BCUT2D eigenvalue weighted by molar-refractivity contribution is -0.138. The summed E-state index contributed by atoms with van der Waals surface area (Å²) < 4.78 is 0. The Labute approximate surface area is 78.3 Å². The zero-order valence-electron chi connectivity index (χ0n) is 7.99. The van der Waals surface area contributed by atoms with Crippen molar-refractivity contribution in [1.82, 2.24) is 4.90 Å². The fourth-order valence-corrected chi connectivity index (χ4v) is 1.71. The Morgan fingerprint density at radius 1 is 1.62 bits per heavy atom. The minimum absolute atomic E-state index is 0.115. The highest BCUT2D eigenvalue weighted by Crippen LogP contribution is 2.28. The average molecular weight is 184 g/mol. The summed E-state index contributed by atoms with van der Waals surface area (Å²) in [5.41, 5.74) is -0.404. The Morgan fingerprint density at radius 3 is 2.54 bits per heavy atom. The third-order valence-corrected chi connectivity index (χ3v) is 2.73. The lowest BCUT2D eigenvalue weighted by Crippen LogP contribution is -2.42. The topological polar surface area (TPSA) is 52.9 Å². The summed E-state index contributed by atoms with van der Waals surface area (Å²) in [4.78, 5) is 16.8. The van der Waals surface area contributed by atoms with Gasteiger partial charge >= 0.3 is 5.97 Å². The van der Waals surface area contributed by atoms with Crippen LogP contribution in [-0.2, 0) is 4.79 Å². The molecule has 0 saturated carbocycles. The zero-order chi connectivity index (χ0) is 9.90. The summed E-state index contributed by atoms with van der Waals surface area (Å²) >= 11 is 0. The predicted octanol–water partition coefficient (Wildman–Crippen LogP) is 0.626. The third-order valence-electron chi connectivity index (χ3n) is 2.73. The van der Waals surface area contributed by atoms with Crippen LogP contribution in [0.1, 0.15) is 19.3 Å². The van der Waals surface area contributed by atoms with Crippen molar-refractivity contribution in [3.8, 4) is 0 Å². The Bertz CT molecular complexity index is 208. The highest BCUT2D eigenvalue weighted by atomic mass is 16.4. The molecule has 1 heterocycles. The van der Waals surface area contributed by atoms with Crippen molar-refractivity contribution < 1.29 is 9.90 Å². The van der Waals surface area contributed by atoms with E-state index in [-0.39, 0.29) is 6.42 Å². The van der Waals surface area contributed by atoms with Crippen LogP contribution in [0.3, 0.4) is 0 Å². The number of carbonyl (C=O) groups is 1. The molecule has 1 aliphatic rings. The van der Waals surface area contributed by atoms with Gasteiger partial charge in [0.2, 0.25) is 0 Å². The minimum Gasteiger partial charge on any atom is -0.481 e. The van der Waals surface area contributed by atoms with Gasteiger partial charge < -0.3 is 10.0 Å². The molecule has 0 atom stereocenters. The second-order valence-electron chi connectivity index (χ2n) is 3.76. The standard InChI is InChI=1S/C9H16N2O2/c1-10-9(7-8(12)13)3-5-11(2)6-4-9/h1,3-7H2,2H3,(H,12,13). The van der Waals surface area contributed by atoms with Crippen LogP contribution in [0, 0.1) is 0 Å². The number of carboxylic acid groups (broad SMARTS) is 1. The van der Waals surface area contributed by atoms with Gasteiger partial charge in [-0.1, -0.05) is 0 Å². The van der Waals surface area contributed by atoms with Gasteiger partial charge in [-0.3, -0.25) is 9.79 Å². The Hall–Kier alpha value is -0.900. The fourth-order valence-electron chi connectivity index (χ4n) is 1.71. The zero-order valence-corrected chi connectivity index (χ0v) is 7.99. The highest BCUT2D eigenvalue weighted by molar-refractivity contribution is 5.68. The Morgan fingerprint density at radius 2 is 2.15 bits per heavy atom. The molecule has 1 fully saturated rings. The summed E-state index contributed by atoms with van der Waals surface area (Å²) in [5, 5.41) is 8.73. The number of piperidine rings is 1. The average Bonchev–Trinajstić information content (AvgIpc) is 2.09. The third kappa shape index (κ3) is 2.52. The fraction of sp³-hybridized carbons (Fsp3) is 0.778. The van der Waals surface area contributed by atoms with Gasteiger partial charge in [-0.05, 0) is 26.6 Å². The van der Waals surface area contributed by atoms with Crippen LogP contribution in [0.4, 0.5) is 0 Å². The molecule has 0 unspecified atom stereocenters. The van der Waals surface area contributed by atoms with E-state index < -0.39 is 11.5 Å². The quantitative estimate of drug-likeness (QED) is 0.654. The highest BCUT2D eigenvalue weighted by Gasteiger charge is 2.34. The minimum atomic E-state index is -0.781. The summed E-state index contributed by atoms with van der Waals surface area (Å²) in [7, 11) is 2.04. The molecular weight excluding hydrogens is 168 g/mol. The van der Waals surface area contributed by atoms with Crippen molar-refractivity contribution in [2.75, 3.05) is 20.1 Å². The molecule has 0 aromatic heterocycles. The number of hydrogen-bond donors (Lipinski definition) is 1. The van der Waals surface area contributed by atoms with Crippen molar-refractivity contribution in [3.05, 3.63) is 0 Å². The van der Waals surface area contributed by atoms with Crippen LogP contribution < -0.4 is 0 Å². The second kappa shape index (κ2) is 3.87. The molecule has 13 heavy (non-hydrogen) atoms. The van der Waals surface area contributed by atoms with E-state index in [4.69, 9.17) is 5.11 Å². The largest absolute Gasteiger partial charge is 0.481 e. The van der Waals surface area contributed by atoms with Gasteiger partial charge in [-0.25, -0.2) is 0 Å². The van der Waals surface area contributed by atoms with Gasteiger partial charge in [0.1, 0.15) is 0 Å². The Kier molecular flexibility index (Phi) is 3.03. The first-order valence-electron chi connectivity index (χ1n) is 4.46. The number of aliphatic carboxylic acids is 1. The van der Waals surface area contributed by atoms with Gasteiger partial charge in [-0.2, -0.15) is 0 Å². The maximum atomic E-state index is 10.6. The Balaban J connectivity index is 2.60. The van der Waals surface area contributed by atoms with Gasteiger partial charge in [0, 0.05) is 13.1 Å². The molecule has 0 amide bonds. The number of rotatable bonds is 3. The second-order valence-corrected chi connectivity index (χ2v) is 3.76. The van der Waals surface area contributed by atoms with E-state index in [1.165, 1.54) is 0 Å². The van der Waals surface area contributed by atoms with Crippen molar-refractivity contribution in [3.63, 3.8) is 0 Å². The summed E-state index contributed by atoms with van der Waals surface area (Å²) in [6.45, 7) is 5.32. The number of aliphatic imine (C=N–C) groups is 1. The van der Waals surface area contributed by atoms with Gasteiger partial charge in [0.15, 0.2) is 0 Å². The van der Waals surface area contributed by atoms with Crippen molar-refractivity contribution >= 4 is 12.7 Å². The molecule has 4 heteroatoms. The van der Waals surface area contributed by atoms with Gasteiger partial charge in [0.25, 0.3) is 0 Å². The first kappa shape index (κ1) is 10.2. The molecule has 0 aliphatic carbocycles. The number of likely N-dealkylation sites (tertiary alicyclic amines) is 1. The van der Waals surface area contributed by atoms with Crippen molar-refractivity contribution in [1.29, 1.82) is 0 Å². The van der Waals surface area contributed by atoms with Crippen LogP contribution >= 0.6 is 0 Å². The van der Waals surface area contributed by atoms with Crippen molar-refractivity contribution in [2.45, 2.75) is 24.8 Å². The van der Waals surface area contributed by atoms with Crippen LogP contribution in [0.15, 0.2) is 4.99 Å². The molecule has 4 nitrogen and oxygen atoms in total. The maximum Gasteiger partial charge on any atom is 0.305 e. The monoisotopic (exact) mass is 184 g/mol. The van der Waals surface area contributed by atoms with E-state index in [9.17, 15) is 4.79 Å². The molecule has 0 aromatic carbocycles. The van der Waals surface area contributed by atoms with E-state index in [0.717, 1.165) is 25.9 Å². The molecule has 74 valence electrons. The first-order valence-corrected chi connectivity index (χ1v) is 4.46. The summed E-state index contributed by atoms with van der Waals surface area (Å²) in [6, 6.07) is 0. The van der Waals surface area contributed by atoms with Gasteiger partial charge in [-0.15, -0.1) is 0 Å². The molecule has 0 radical (unpaired) electrons. The molecule has 0 aromatic rings. The molecular formula is C9H16N2O2. The number of hydrogen-bond acceptors (Lipinski definition) is 3. The molecule has 1 N–H and O–H groups in total.